The topological polar surface area (TPSA) is 77.7 Å². The summed E-state index contributed by atoms with van der Waals surface area (Å²) < 4.78 is 16.4. The van der Waals surface area contributed by atoms with E-state index < -0.39 is 6.10 Å². The largest absolute Gasteiger partial charge is 0.497 e. The van der Waals surface area contributed by atoms with Crippen LogP contribution in [0.4, 0.5) is 0 Å². The minimum atomic E-state index is -0.638. The molecule has 0 saturated heterocycles. The number of ether oxygens (including phenoxy) is 2. The standard InChI is InChI=1S/C22H25N3O4/c1-14-9-10-15(2)19(11-14)28-16(3)22(26)25(4)13-20-23-21(24-29-20)17-7-6-8-18(12-17)27-5/h6-12,16H,13H2,1-5H3/t16-/m1/s1. The monoisotopic (exact) mass is 395 g/mol. The van der Waals surface area contributed by atoms with E-state index in [0.29, 0.717) is 23.2 Å². The Bertz CT molecular complexity index is 999. The highest BCUT2D eigenvalue weighted by Crippen LogP contribution is 2.22. The van der Waals surface area contributed by atoms with E-state index in [4.69, 9.17) is 14.0 Å². The summed E-state index contributed by atoms with van der Waals surface area (Å²) in [5.74, 6) is 2.03. The third-order valence-corrected chi connectivity index (χ3v) is 4.54. The summed E-state index contributed by atoms with van der Waals surface area (Å²) in [4.78, 5) is 18.6. The molecule has 1 atom stereocenters. The highest BCUT2D eigenvalue weighted by atomic mass is 16.5. The predicted octanol–water partition coefficient (Wildman–Crippen LogP) is 3.79. The molecule has 0 fully saturated rings. The number of hydrogen-bond acceptors (Lipinski definition) is 6. The number of methoxy groups -OCH3 is 1. The number of aryl methyl sites for hydroxylation is 2. The number of amides is 1. The van der Waals surface area contributed by atoms with Crippen LogP contribution in [0.2, 0.25) is 0 Å². The van der Waals surface area contributed by atoms with Gasteiger partial charge < -0.3 is 18.9 Å². The van der Waals surface area contributed by atoms with Gasteiger partial charge in [-0.2, -0.15) is 4.98 Å². The average molecular weight is 395 g/mol. The van der Waals surface area contributed by atoms with E-state index in [9.17, 15) is 4.79 Å². The Morgan fingerprint density at radius 1 is 1.21 bits per heavy atom. The molecule has 0 aliphatic carbocycles. The summed E-state index contributed by atoms with van der Waals surface area (Å²) in [6.45, 7) is 5.86. The van der Waals surface area contributed by atoms with Crippen molar-refractivity contribution in [2.75, 3.05) is 14.2 Å². The van der Waals surface area contributed by atoms with E-state index >= 15 is 0 Å². The third kappa shape index (κ3) is 4.93. The minimum Gasteiger partial charge on any atom is -0.497 e. The number of aromatic nitrogens is 2. The zero-order chi connectivity index (χ0) is 21.0. The van der Waals surface area contributed by atoms with Crippen molar-refractivity contribution in [3.05, 3.63) is 59.5 Å². The predicted molar refractivity (Wildman–Crippen MR) is 109 cm³/mol. The van der Waals surface area contributed by atoms with Crippen LogP contribution in [0.25, 0.3) is 11.4 Å². The van der Waals surface area contributed by atoms with Crippen LogP contribution in [-0.2, 0) is 11.3 Å². The van der Waals surface area contributed by atoms with Gasteiger partial charge in [0.1, 0.15) is 11.5 Å². The molecule has 1 aromatic heterocycles. The zero-order valence-corrected chi connectivity index (χ0v) is 17.3. The molecule has 152 valence electrons. The lowest BCUT2D eigenvalue weighted by atomic mass is 10.1. The van der Waals surface area contributed by atoms with Crippen LogP contribution in [0.15, 0.2) is 47.0 Å². The van der Waals surface area contributed by atoms with Crippen LogP contribution in [0.1, 0.15) is 23.9 Å². The molecule has 7 heteroatoms. The van der Waals surface area contributed by atoms with Gasteiger partial charge in [-0.05, 0) is 50.1 Å². The number of benzene rings is 2. The first-order valence-corrected chi connectivity index (χ1v) is 9.33. The molecule has 3 aromatic rings. The number of carbonyl (C=O) groups is 1. The lowest BCUT2D eigenvalue weighted by Gasteiger charge is -2.21. The van der Waals surface area contributed by atoms with Crippen LogP contribution >= 0.6 is 0 Å². The average Bonchev–Trinajstić information content (AvgIpc) is 3.18. The molecule has 0 aliphatic heterocycles. The Morgan fingerprint density at radius 2 is 2.00 bits per heavy atom. The molecule has 7 nitrogen and oxygen atoms in total. The summed E-state index contributed by atoms with van der Waals surface area (Å²) in [5, 5.41) is 4.00. The molecule has 0 unspecified atom stereocenters. The first-order valence-electron chi connectivity index (χ1n) is 9.33. The van der Waals surface area contributed by atoms with Gasteiger partial charge in [0.2, 0.25) is 11.7 Å². The fraction of sp³-hybridized carbons (Fsp3) is 0.318. The summed E-state index contributed by atoms with van der Waals surface area (Å²) in [5.41, 5.74) is 2.84. The van der Waals surface area contributed by atoms with Gasteiger partial charge in [-0.1, -0.05) is 29.4 Å². The molecule has 0 saturated carbocycles. The van der Waals surface area contributed by atoms with E-state index in [1.165, 1.54) is 4.90 Å². The fourth-order valence-electron chi connectivity index (χ4n) is 2.86. The summed E-state index contributed by atoms with van der Waals surface area (Å²) >= 11 is 0. The molecule has 1 heterocycles. The molecule has 2 aromatic carbocycles. The van der Waals surface area contributed by atoms with Crippen molar-refractivity contribution in [3.8, 4) is 22.9 Å². The quantitative estimate of drug-likeness (QED) is 0.606. The zero-order valence-electron chi connectivity index (χ0n) is 17.3. The van der Waals surface area contributed by atoms with E-state index in [1.54, 1.807) is 21.1 Å². The van der Waals surface area contributed by atoms with Crippen LogP contribution in [0.3, 0.4) is 0 Å². The van der Waals surface area contributed by atoms with Gasteiger partial charge in [0, 0.05) is 12.6 Å². The van der Waals surface area contributed by atoms with Gasteiger partial charge in [-0.3, -0.25) is 4.79 Å². The molecule has 0 bridgehead atoms. The third-order valence-electron chi connectivity index (χ3n) is 4.54. The maximum absolute atomic E-state index is 12.7. The summed E-state index contributed by atoms with van der Waals surface area (Å²) in [6, 6.07) is 13.3. The second-order valence-electron chi connectivity index (χ2n) is 6.97. The highest BCUT2D eigenvalue weighted by molar-refractivity contribution is 5.80. The molecular formula is C22H25N3O4. The van der Waals surface area contributed by atoms with Gasteiger partial charge in [0.25, 0.3) is 5.91 Å². The molecule has 0 spiro atoms. The number of likely N-dealkylation sites (N-methyl/N-ethyl adjacent to an activating group) is 1. The van der Waals surface area contributed by atoms with E-state index in [0.717, 1.165) is 16.7 Å². The van der Waals surface area contributed by atoms with Gasteiger partial charge in [-0.25, -0.2) is 0 Å². The second-order valence-corrected chi connectivity index (χ2v) is 6.97. The number of carbonyl (C=O) groups excluding carboxylic acids is 1. The first-order chi connectivity index (χ1) is 13.9. The van der Waals surface area contributed by atoms with E-state index in [2.05, 4.69) is 10.1 Å². The molecule has 0 aliphatic rings. The van der Waals surface area contributed by atoms with Crippen molar-refractivity contribution in [1.29, 1.82) is 0 Å². The number of rotatable bonds is 7. The van der Waals surface area contributed by atoms with Crippen molar-refractivity contribution in [3.63, 3.8) is 0 Å². The molecule has 29 heavy (non-hydrogen) atoms. The SMILES string of the molecule is COc1cccc(-c2noc(CN(C)C(=O)[C@@H](C)Oc3cc(C)ccc3C)n2)c1. The van der Waals surface area contributed by atoms with Gasteiger partial charge in [0.15, 0.2) is 6.10 Å². The van der Waals surface area contributed by atoms with Gasteiger partial charge in [-0.15, -0.1) is 0 Å². The van der Waals surface area contributed by atoms with E-state index in [-0.39, 0.29) is 12.5 Å². The molecule has 1 amide bonds. The van der Waals surface area contributed by atoms with Crippen LogP contribution < -0.4 is 9.47 Å². The molecular weight excluding hydrogens is 370 g/mol. The number of hydrogen-bond donors (Lipinski definition) is 0. The smallest absolute Gasteiger partial charge is 0.263 e. The highest BCUT2D eigenvalue weighted by Gasteiger charge is 2.22. The Hall–Kier alpha value is -3.35. The lowest BCUT2D eigenvalue weighted by molar-refractivity contribution is -0.137. The van der Waals surface area contributed by atoms with Crippen molar-refractivity contribution >= 4 is 5.91 Å². The Labute approximate surface area is 170 Å². The van der Waals surface area contributed by atoms with Crippen molar-refractivity contribution in [2.45, 2.75) is 33.4 Å². The van der Waals surface area contributed by atoms with Crippen molar-refractivity contribution in [1.82, 2.24) is 15.0 Å². The first kappa shape index (κ1) is 20.4. The lowest BCUT2D eigenvalue weighted by Crippen LogP contribution is -2.37. The normalized spacial score (nSPS) is 11.8. The summed E-state index contributed by atoms with van der Waals surface area (Å²) in [6.07, 6.45) is -0.638. The Morgan fingerprint density at radius 3 is 2.76 bits per heavy atom. The van der Waals surface area contributed by atoms with Gasteiger partial charge in [0.05, 0.1) is 13.7 Å². The minimum absolute atomic E-state index is 0.174. The molecule has 0 N–H and O–H groups in total. The number of nitrogens with zero attached hydrogens (tertiary/aromatic N) is 3. The van der Waals surface area contributed by atoms with Crippen molar-refractivity contribution < 1.29 is 18.8 Å². The Kier molecular flexibility index (Phi) is 6.16. The summed E-state index contributed by atoms with van der Waals surface area (Å²) in [7, 11) is 3.28. The molecule has 3 rings (SSSR count). The van der Waals surface area contributed by atoms with Crippen LogP contribution in [0, 0.1) is 13.8 Å². The van der Waals surface area contributed by atoms with Crippen LogP contribution in [-0.4, -0.2) is 41.2 Å². The van der Waals surface area contributed by atoms with E-state index in [1.807, 2.05) is 56.3 Å². The maximum atomic E-state index is 12.7. The second kappa shape index (κ2) is 8.77. The van der Waals surface area contributed by atoms with Crippen molar-refractivity contribution in [2.24, 2.45) is 0 Å². The van der Waals surface area contributed by atoms with Crippen LogP contribution in [0.5, 0.6) is 11.5 Å². The van der Waals surface area contributed by atoms with Gasteiger partial charge >= 0.3 is 0 Å². The fourth-order valence-corrected chi connectivity index (χ4v) is 2.86. The maximum Gasteiger partial charge on any atom is 0.263 e. The Balaban J connectivity index is 1.65. The molecule has 0 radical (unpaired) electrons.